The highest BCUT2D eigenvalue weighted by Gasteiger charge is 2.23. The lowest BCUT2D eigenvalue weighted by Gasteiger charge is -2.28. The SMILES string of the molecule is CC(C)CN(Cc1cc(O)c2c(c1)OCCCO2)C(=O)C(C)CNCc1ccccc1. The van der Waals surface area contributed by atoms with Crippen molar-refractivity contribution in [2.75, 3.05) is 26.3 Å². The molecular weight excluding hydrogens is 392 g/mol. The molecule has 0 bridgehead atoms. The summed E-state index contributed by atoms with van der Waals surface area (Å²) in [6.07, 6.45) is 0.773. The van der Waals surface area contributed by atoms with E-state index in [1.54, 1.807) is 6.07 Å². The predicted molar refractivity (Wildman–Crippen MR) is 121 cm³/mol. The lowest BCUT2D eigenvalue weighted by Crippen LogP contribution is -2.40. The number of nitrogens with one attached hydrogen (secondary N) is 1. The Kier molecular flexibility index (Phi) is 8.18. The van der Waals surface area contributed by atoms with Crippen molar-refractivity contribution in [3.05, 3.63) is 53.6 Å². The van der Waals surface area contributed by atoms with E-state index in [9.17, 15) is 9.90 Å². The van der Waals surface area contributed by atoms with Gasteiger partial charge in [0, 0.05) is 38.5 Å². The van der Waals surface area contributed by atoms with Gasteiger partial charge in [-0.2, -0.15) is 0 Å². The Morgan fingerprint density at radius 1 is 1.10 bits per heavy atom. The van der Waals surface area contributed by atoms with E-state index >= 15 is 0 Å². The van der Waals surface area contributed by atoms with Crippen molar-refractivity contribution in [2.45, 2.75) is 40.3 Å². The fourth-order valence-electron chi connectivity index (χ4n) is 3.72. The van der Waals surface area contributed by atoms with Gasteiger partial charge < -0.3 is 24.8 Å². The zero-order chi connectivity index (χ0) is 22.2. The van der Waals surface area contributed by atoms with Crippen molar-refractivity contribution in [3.63, 3.8) is 0 Å². The summed E-state index contributed by atoms with van der Waals surface area (Å²) < 4.78 is 11.3. The summed E-state index contributed by atoms with van der Waals surface area (Å²) in [5, 5.41) is 13.8. The van der Waals surface area contributed by atoms with Crippen molar-refractivity contribution < 1.29 is 19.4 Å². The summed E-state index contributed by atoms with van der Waals surface area (Å²) in [5.74, 6) is 1.27. The molecule has 1 amide bonds. The molecule has 0 fully saturated rings. The number of nitrogens with zero attached hydrogens (tertiary/aromatic N) is 1. The van der Waals surface area contributed by atoms with Crippen LogP contribution in [0, 0.1) is 11.8 Å². The number of aromatic hydroxyl groups is 1. The molecule has 2 aromatic rings. The molecule has 1 aliphatic rings. The van der Waals surface area contributed by atoms with Crippen molar-refractivity contribution in [1.29, 1.82) is 0 Å². The van der Waals surface area contributed by atoms with Gasteiger partial charge in [-0.05, 0) is 29.2 Å². The van der Waals surface area contributed by atoms with E-state index in [1.807, 2.05) is 36.1 Å². The van der Waals surface area contributed by atoms with Crippen LogP contribution in [0.3, 0.4) is 0 Å². The summed E-state index contributed by atoms with van der Waals surface area (Å²) in [5.41, 5.74) is 2.03. The quantitative estimate of drug-likeness (QED) is 0.635. The van der Waals surface area contributed by atoms with E-state index in [-0.39, 0.29) is 17.6 Å². The molecular formula is C25H34N2O4. The Balaban J connectivity index is 1.65. The molecule has 0 aromatic heterocycles. The maximum Gasteiger partial charge on any atom is 0.226 e. The van der Waals surface area contributed by atoms with E-state index in [2.05, 4.69) is 31.3 Å². The van der Waals surface area contributed by atoms with E-state index < -0.39 is 0 Å². The third-order valence-corrected chi connectivity index (χ3v) is 5.20. The van der Waals surface area contributed by atoms with E-state index in [1.165, 1.54) is 5.56 Å². The van der Waals surface area contributed by atoms with Gasteiger partial charge in [-0.15, -0.1) is 0 Å². The smallest absolute Gasteiger partial charge is 0.226 e. The highest BCUT2D eigenvalue weighted by atomic mass is 16.5. The largest absolute Gasteiger partial charge is 0.504 e. The van der Waals surface area contributed by atoms with Crippen molar-refractivity contribution in [1.82, 2.24) is 10.2 Å². The maximum absolute atomic E-state index is 13.2. The van der Waals surface area contributed by atoms with Crippen LogP contribution in [0.1, 0.15) is 38.3 Å². The number of phenols is 1. The topological polar surface area (TPSA) is 71.0 Å². The van der Waals surface area contributed by atoms with Crippen LogP contribution in [0.4, 0.5) is 0 Å². The molecule has 2 N–H and O–H groups in total. The highest BCUT2D eigenvalue weighted by Crippen LogP contribution is 2.39. The molecule has 0 spiro atoms. The molecule has 168 valence electrons. The molecule has 6 nitrogen and oxygen atoms in total. The van der Waals surface area contributed by atoms with Gasteiger partial charge in [-0.25, -0.2) is 0 Å². The number of phenolic OH excluding ortho intramolecular Hbond substituents is 1. The van der Waals surface area contributed by atoms with Gasteiger partial charge in [0.25, 0.3) is 0 Å². The van der Waals surface area contributed by atoms with Crippen molar-refractivity contribution in [3.8, 4) is 17.2 Å². The van der Waals surface area contributed by atoms with Gasteiger partial charge in [-0.1, -0.05) is 51.1 Å². The molecule has 31 heavy (non-hydrogen) atoms. The minimum absolute atomic E-state index is 0.0592. The monoisotopic (exact) mass is 426 g/mol. The van der Waals surface area contributed by atoms with Crippen LogP contribution in [0.5, 0.6) is 17.2 Å². The summed E-state index contributed by atoms with van der Waals surface area (Å²) in [6, 6.07) is 13.7. The second-order valence-corrected chi connectivity index (χ2v) is 8.62. The second kappa shape index (κ2) is 11.0. The van der Waals surface area contributed by atoms with E-state index in [0.29, 0.717) is 50.3 Å². The predicted octanol–water partition coefficient (Wildman–Crippen LogP) is 3.96. The van der Waals surface area contributed by atoms with Crippen molar-refractivity contribution >= 4 is 5.91 Å². The van der Waals surface area contributed by atoms with Crippen molar-refractivity contribution in [2.24, 2.45) is 11.8 Å². The minimum atomic E-state index is -0.156. The first-order valence-corrected chi connectivity index (χ1v) is 11.1. The lowest BCUT2D eigenvalue weighted by molar-refractivity contribution is -0.136. The average molecular weight is 427 g/mol. The zero-order valence-corrected chi connectivity index (χ0v) is 18.8. The molecule has 1 atom stereocenters. The van der Waals surface area contributed by atoms with Gasteiger partial charge in [-0.3, -0.25) is 4.79 Å². The Hall–Kier alpha value is -2.73. The van der Waals surface area contributed by atoms with Crippen LogP contribution in [0.25, 0.3) is 0 Å². The lowest BCUT2D eigenvalue weighted by atomic mass is 10.1. The van der Waals surface area contributed by atoms with Crippen LogP contribution in [0.2, 0.25) is 0 Å². The zero-order valence-electron chi connectivity index (χ0n) is 18.8. The summed E-state index contributed by atoms with van der Waals surface area (Å²) in [4.78, 5) is 15.1. The van der Waals surface area contributed by atoms with Crippen LogP contribution < -0.4 is 14.8 Å². The maximum atomic E-state index is 13.2. The Morgan fingerprint density at radius 3 is 2.58 bits per heavy atom. The first-order chi connectivity index (χ1) is 14.9. The normalized spacial score (nSPS) is 14.2. The summed E-state index contributed by atoms with van der Waals surface area (Å²) >= 11 is 0. The third kappa shape index (κ3) is 6.62. The molecule has 0 saturated carbocycles. The van der Waals surface area contributed by atoms with Crippen LogP contribution in [-0.2, 0) is 17.9 Å². The van der Waals surface area contributed by atoms with Gasteiger partial charge >= 0.3 is 0 Å². The van der Waals surface area contributed by atoms with Crippen LogP contribution in [0.15, 0.2) is 42.5 Å². The fourth-order valence-corrected chi connectivity index (χ4v) is 3.72. The molecule has 2 aromatic carbocycles. The molecule has 3 rings (SSSR count). The number of fused-ring (bicyclic) bond motifs is 1. The number of amides is 1. The standard InChI is InChI=1S/C25H34N2O4/c1-18(2)16-27(25(29)19(3)14-26-15-20-8-5-4-6-9-20)17-21-12-22(28)24-23(13-21)30-10-7-11-31-24/h4-6,8-9,12-13,18-19,26,28H,7,10-11,14-17H2,1-3H3. The Labute approximate surface area is 185 Å². The third-order valence-electron chi connectivity index (χ3n) is 5.20. The number of benzene rings is 2. The van der Waals surface area contributed by atoms with Gasteiger partial charge in [0.05, 0.1) is 13.2 Å². The number of carbonyl (C=O) groups excluding carboxylic acids is 1. The van der Waals surface area contributed by atoms with E-state index in [0.717, 1.165) is 18.5 Å². The number of hydrogen-bond acceptors (Lipinski definition) is 5. The molecule has 1 heterocycles. The number of hydrogen-bond donors (Lipinski definition) is 2. The molecule has 0 aliphatic carbocycles. The highest BCUT2D eigenvalue weighted by molar-refractivity contribution is 5.78. The number of carbonyl (C=O) groups is 1. The molecule has 0 saturated heterocycles. The van der Waals surface area contributed by atoms with E-state index in [4.69, 9.17) is 9.47 Å². The number of ether oxygens (including phenoxy) is 2. The fraction of sp³-hybridized carbons (Fsp3) is 0.480. The van der Waals surface area contributed by atoms with Gasteiger partial charge in [0.15, 0.2) is 11.5 Å². The second-order valence-electron chi connectivity index (χ2n) is 8.62. The number of rotatable bonds is 9. The molecule has 1 unspecified atom stereocenters. The Bertz CT molecular complexity index is 854. The summed E-state index contributed by atoms with van der Waals surface area (Å²) in [6.45, 7) is 9.64. The molecule has 6 heteroatoms. The van der Waals surface area contributed by atoms with Crippen LogP contribution >= 0.6 is 0 Å². The van der Waals surface area contributed by atoms with Crippen LogP contribution in [-0.4, -0.2) is 42.2 Å². The molecule has 1 aliphatic heterocycles. The molecule has 0 radical (unpaired) electrons. The minimum Gasteiger partial charge on any atom is -0.504 e. The first kappa shape index (κ1) is 22.9. The van der Waals surface area contributed by atoms with Gasteiger partial charge in [0.1, 0.15) is 0 Å². The Morgan fingerprint density at radius 2 is 1.84 bits per heavy atom. The van der Waals surface area contributed by atoms with Gasteiger partial charge in [0.2, 0.25) is 11.7 Å². The average Bonchev–Trinajstić information content (AvgIpc) is 2.99. The first-order valence-electron chi connectivity index (χ1n) is 11.1. The summed E-state index contributed by atoms with van der Waals surface area (Å²) in [7, 11) is 0.